The van der Waals surface area contributed by atoms with Gasteiger partial charge in [0.25, 0.3) is 10.1 Å². The van der Waals surface area contributed by atoms with E-state index in [-0.39, 0.29) is 5.75 Å². The first-order valence-electron chi connectivity index (χ1n) is 2.65. The molecule has 0 saturated carbocycles. The monoisotopic (exact) mass is 185 g/mol. The number of thioether (sulfide) groups is 1. The molecule has 0 bridgehead atoms. The molecule has 1 atom stereocenters. The highest BCUT2D eigenvalue weighted by Crippen LogP contribution is 1.96. The normalized spacial score (nSPS) is 15.1. The molecule has 3 N–H and O–H groups in total. The first-order chi connectivity index (χ1) is 4.45. The highest BCUT2D eigenvalue weighted by atomic mass is 32.2. The Kier molecular flexibility index (Phi) is 4.26. The second-order valence-electron chi connectivity index (χ2n) is 1.96. The SMILES string of the molecule is CSCC(N)CS(=O)(=O)O. The van der Waals surface area contributed by atoms with Crippen LogP contribution >= 0.6 is 11.8 Å². The molecule has 0 fully saturated rings. The fourth-order valence-corrected chi connectivity index (χ4v) is 1.89. The van der Waals surface area contributed by atoms with Gasteiger partial charge in [0.1, 0.15) is 0 Å². The summed E-state index contributed by atoms with van der Waals surface area (Å²) in [6.45, 7) is 0. The summed E-state index contributed by atoms with van der Waals surface area (Å²) < 4.78 is 28.7. The van der Waals surface area contributed by atoms with Gasteiger partial charge < -0.3 is 5.73 Å². The van der Waals surface area contributed by atoms with Crippen LogP contribution in [0.5, 0.6) is 0 Å². The fraction of sp³-hybridized carbons (Fsp3) is 1.00. The second-order valence-corrected chi connectivity index (χ2v) is 4.37. The van der Waals surface area contributed by atoms with E-state index in [0.29, 0.717) is 5.75 Å². The molecule has 0 aliphatic rings. The minimum absolute atomic E-state index is 0.353. The summed E-state index contributed by atoms with van der Waals surface area (Å²) in [4.78, 5) is 0. The summed E-state index contributed by atoms with van der Waals surface area (Å²) in [6, 6.07) is -0.468. The smallest absolute Gasteiger partial charge is 0.266 e. The van der Waals surface area contributed by atoms with Crippen molar-refractivity contribution >= 4 is 21.9 Å². The average molecular weight is 185 g/mol. The molecule has 0 spiro atoms. The lowest BCUT2D eigenvalue weighted by Crippen LogP contribution is -2.31. The van der Waals surface area contributed by atoms with Crippen molar-refractivity contribution in [2.24, 2.45) is 5.73 Å². The van der Waals surface area contributed by atoms with Crippen molar-refractivity contribution in [1.29, 1.82) is 0 Å². The van der Waals surface area contributed by atoms with Gasteiger partial charge in [0.2, 0.25) is 0 Å². The zero-order chi connectivity index (χ0) is 8.20. The Morgan fingerprint density at radius 3 is 2.50 bits per heavy atom. The van der Waals surface area contributed by atoms with Crippen LogP contribution in [0.25, 0.3) is 0 Å². The Bertz CT molecular complexity index is 177. The average Bonchev–Trinajstić information content (AvgIpc) is 1.59. The molecule has 1 unspecified atom stereocenters. The summed E-state index contributed by atoms with van der Waals surface area (Å²) in [6.07, 6.45) is 1.82. The zero-order valence-electron chi connectivity index (χ0n) is 5.65. The fourth-order valence-electron chi connectivity index (χ4n) is 0.533. The van der Waals surface area contributed by atoms with Crippen LogP contribution in [0.1, 0.15) is 0 Å². The molecule has 62 valence electrons. The van der Waals surface area contributed by atoms with Crippen LogP contribution in [-0.4, -0.2) is 36.8 Å². The van der Waals surface area contributed by atoms with E-state index >= 15 is 0 Å². The first-order valence-corrected chi connectivity index (χ1v) is 5.65. The molecule has 0 aromatic heterocycles. The summed E-state index contributed by atoms with van der Waals surface area (Å²) >= 11 is 1.45. The van der Waals surface area contributed by atoms with Gasteiger partial charge in [-0.25, -0.2) is 0 Å². The van der Waals surface area contributed by atoms with Gasteiger partial charge in [0, 0.05) is 11.8 Å². The van der Waals surface area contributed by atoms with Crippen molar-refractivity contribution in [3.05, 3.63) is 0 Å². The Morgan fingerprint density at radius 2 is 2.20 bits per heavy atom. The molecule has 0 heterocycles. The highest BCUT2D eigenvalue weighted by Gasteiger charge is 2.11. The van der Waals surface area contributed by atoms with E-state index in [9.17, 15) is 8.42 Å². The Hall–Kier alpha value is 0.220. The van der Waals surface area contributed by atoms with E-state index in [0.717, 1.165) is 0 Å². The number of nitrogens with two attached hydrogens (primary N) is 1. The maximum absolute atomic E-state index is 10.2. The lowest BCUT2D eigenvalue weighted by Gasteiger charge is -2.05. The molecule has 6 heteroatoms. The number of rotatable bonds is 4. The largest absolute Gasteiger partial charge is 0.326 e. The van der Waals surface area contributed by atoms with Crippen LogP contribution in [0.2, 0.25) is 0 Å². The van der Waals surface area contributed by atoms with Crippen LogP contribution in [0.3, 0.4) is 0 Å². The van der Waals surface area contributed by atoms with Crippen LogP contribution in [0, 0.1) is 0 Å². The highest BCUT2D eigenvalue weighted by molar-refractivity contribution is 7.98. The molecule has 0 aliphatic heterocycles. The Balaban J connectivity index is 3.69. The third-order valence-electron chi connectivity index (χ3n) is 0.805. The van der Waals surface area contributed by atoms with E-state index in [1.165, 1.54) is 11.8 Å². The predicted octanol–water partition coefficient (Wildman–Crippen LogP) is -0.436. The molecular weight excluding hydrogens is 174 g/mol. The Labute approximate surface area is 64.9 Å². The van der Waals surface area contributed by atoms with Crippen molar-refractivity contribution in [3.8, 4) is 0 Å². The van der Waals surface area contributed by atoms with E-state index in [1.807, 2.05) is 6.26 Å². The Morgan fingerprint density at radius 1 is 1.70 bits per heavy atom. The maximum Gasteiger partial charge on any atom is 0.266 e. The van der Waals surface area contributed by atoms with Crippen molar-refractivity contribution in [2.75, 3.05) is 17.8 Å². The lowest BCUT2D eigenvalue weighted by atomic mass is 10.4. The van der Waals surface area contributed by atoms with E-state index in [2.05, 4.69) is 0 Å². The van der Waals surface area contributed by atoms with Crippen molar-refractivity contribution in [2.45, 2.75) is 6.04 Å². The van der Waals surface area contributed by atoms with Crippen molar-refractivity contribution in [3.63, 3.8) is 0 Å². The molecule has 0 saturated heterocycles. The zero-order valence-corrected chi connectivity index (χ0v) is 7.28. The molecule has 0 aliphatic carbocycles. The first kappa shape index (κ1) is 10.2. The lowest BCUT2D eigenvalue weighted by molar-refractivity contribution is 0.479. The second kappa shape index (κ2) is 4.17. The molecule has 10 heavy (non-hydrogen) atoms. The van der Waals surface area contributed by atoms with Gasteiger partial charge in [-0.05, 0) is 6.26 Å². The molecule has 0 aromatic carbocycles. The maximum atomic E-state index is 10.2. The standard InChI is InChI=1S/C4H11NO3S2/c1-9-2-4(5)3-10(6,7)8/h4H,2-3,5H2,1H3,(H,6,7,8). The van der Waals surface area contributed by atoms with Crippen molar-refractivity contribution < 1.29 is 13.0 Å². The molecule has 0 rings (SSSR count). The topological polar surface area (TPSA) is 80.4 Å². The van der Waals surface area contributed by atoms with Gasteiger partial charge in [-0.2, -0.15) is 20.2 Å². The molecule has 0 amide bonds. The predicted molar refractivity (Wildman–Crippen MR) is 42.8 cm³/mol. The van der Waals surface area contributed by atoms with Gasteiger partial charge in [-0.3, -0.25) is 4.55 Å². The third kappa shape index (κ3) is 6.34. The van der Waals surface area contributed by atoms with Crippen LogP contribution in [-0.2, 0) is 10.1 Å². The molecule has 0 radical (unpaired) electrons. The quantitative estimate of drug-likeness (QED) is 0.581. The molecular formula is C4H11NO3S2. The van der Waals surface area contributed by atoms with Gasteiger partial charge in [0.05, 0.1) is 5.75 Å². The number of hydrogen-bond acceptors (Lipinski definition) is 4. The minimum atomic E-state index is -3.88. The summed E-state index contributed by atoms with van der Waals surface area (Å²) in [5.41, 5.74) is 5.31. The summed E-state index contributed by atoms with van der Waals surface area (Å²) in [5, 5.41) is 0. The summed E-state index contributed by atoms with van der Waals surface area (Å²) in [7, 11) is -3.88. The van der Waals surface area contributed by atoms with Gasteiger partial charge in [-0.15, -0.1) is 0 Å². The number of hydrogen-bond donors (Lipinski definition) is 2. The van der Waals surface area contributed by atoms with Gasteiger partial charge in [0.15, 0.2) is 0 Å². The van der Waals surface area contributed by atoms with Crippen LogP contribution in [0.15, 0.2) is 0 Å². The summed E-state index contributed by atoms with van der Waals surface area (Å²) in [5.74, 6) is 0.188. The van der Waals surface area contributed by atoms with Crippen LogP contribution in [0.4, 0.5) is 0 Å². The van der Waals surface area contributed by atoms with Gasteiger partial charge in [-0.1, -0.05) is 0 Å². The van der Waals surface area contributed by atoms with Gasteiger partial charge >= 0.3 is 0 Å². The molecule has 0 aromatic rings. The molecule has 4 nitrogen and oxygen atoms in total. The van der Waals surface area contributed by atoms with E-state index in [1.54, 1.807) is 0 Å². The van der Waals surface area contributed by atoms with Crippen LogP contribution < -0.4 is 5.73 Å². The minimum Gasteiger partial charge on any atom is -0.326 e. The third-order valence-corrected chi connectivity index (χ3v) is 2.42. The van der Waals surface area contributed by atoms with Crippen molar-refractivity contribution in [1.82, 2.24) is 0 Å². The van der Waals surface area contributed by atoms with E-state index in [4.69, 9.17) is 10.3 Å². The van der Waals surface area contributed by atoms with E-state index < -0.39 is 16.2 Å².